The summed E-state index contributed by atoms with van der Waals surface area (Å²) in [7, 11) is 0. The highest BCUT2D eigenvalue weighted by Crippen LogP contribution is 2.75. The fourth-order valence-electron chi connectivity index (χ4n) is 11.6. The molecule has 4 saturated carbocycles. The van der Waals surface area contributed by atoms with E-state index in [0.29, 0.717) is 29.8 Å². The molecule has 0 radical (unpaired) electrons. The summed E-state index contributed by atoms with van der Waals surface area (Å²) in [4.78, 5) is 23.6. The van der Waals surface area contributed by atoms with Gasteiger partial charge in [0.25, 0.3) is 0 Å². The highest BCUT2D eigenvalue weighted by atomic mass is 16.5. The van der Waals surface area contributed by atoms with Gasteiger partial charge < -0.3 is 9.47 Å². The van der Waals surface area contributed by atoms with Crippen LogP contribution >= 0.6 is 0 Å². The number of hydrogen-bond donors (Lipinski definition) is 0. The summed E-state index contributed by atoms with van der Waals surface area (Å²) < 4.78 is 11.5. The molecule has 0 heterocycles. The Morgan fingerprint density at radius 3 is 2.05 bits per heavy atom. The Balaban J connectivity index is 1.47. The lowest BCUT2D eigenvalue weighted by Crippen LogP contribution is -2.63. The van der Waals surface area contributed by atoms with E-state index >= 15 is 0 Å². The van der Waals surface area contributed by atoms with E-state index in [9.17, 15) is 9.59 Å². The maximum atomic E-state index is 11.9. The second-order valence-corrected chi connectivity index (χ2v) is 16.3. The summed E-state index contributed by atoms with van der Waals surface area (Å²) in [6.07, 6.45) is 14.6. The topological polar surface area (TPSA) is 52.6 Å². The van der Waals surface area contributed by atoms with Crippen molar-refractivity contribution < 1.29 is 19.1 Å². The van der Waals surface area contributed by atoms with Crippen molar-refractivity contribution in [2.45, 2.75) is 133 Å². The Hall–Kier alpha value is -1.32. The molecule has 0 spiro atoms. The first-order valence-electron chi connectivity index (χ1n) is 15.5. The van der Waals surface area contributed by atoms with Crippen molar-refractivity contribution >= 4 is 11.9 Å². The summed E-state index contributed by atoms with van der Waals surface area (Å²) in [6, 6.07) is 0. The predicted octanol–water partition coefficient (Wildman–Crippen LogP) is 8.28. The monoisotopic (exact) mass is 526 g/mol. The summed E-state index contributed by atoms with van der Waals surface area (Å²) >= 11 is 0. The van der Waals surface area contributed by atoms with Crippen molar-refractivity contribution in [3.63, 3.8) is 0 Å². The zero-order chi connectivity index (χ0) is 27.9. The maximum Gasteiger partial charge on any atom is 0.302 e. The SMILES string of the molecule is CC(=O)OCC1(C)CCC2(C)CC=C3C(C)(CCC4C3(C)CCC3C(C)(C)C(OC(C)=O)CCC43C)C2C1. The van der Waals surface area contributed by atoms with Crippen LogP contribution in [0, 0.1) is 50.2 Å². The second kappa shape index (κ2) is 8.84. The van der Waals surface area contributed by atoms with Crippen LogP contribution in [0.2, 0.25) is 0 Å². The van der Waals surface area contributed by atoms with Gasteiger partial charge in [0.2, 0.25) is 0 Å². The van der Waals surface area contributed by atoms with Gasteiger partial charge in [-0.2, -0.15) is 0 Å². The molecule has 4 nitrogen and oxygen atoms in total. The van der Waals surface area contributed by atoms with Crippen LogP contribution in [0.25, 0.3) is 0 Å². The van der Waals surface area contributed by atoms with Gasteiger partial charge >= 0.3 is 11.9 Å². The summed E-state index contributed by atoms with van der Waals surface area (Å²) in [5.74, 6) is 1.59. The van der Waals surface area contributed by atoms with Crippen molar-refractivity contribution in [3.8, 4) is 0 Å². The van der Waals surface area contributed by atoms with Gasteiger partial charge in [-0.3, -0.25) is 9.59 Å². The first kappa shape index (κ1) is 28.2. The molecule has 0 aliphatic heterocycles. The molecule has 0 aromatic rings. The van der Waals surface area contributed by atoms with E-state index in [1.807, 2.05) is 0 Å². The zero-order valence-corrected chi connectivity index (χ0v) is 25.8. The lowest BCUT2D eigenvalue weighted by molar-refractivity contribution is -0.199. The van der Waals surface area contributed by atoms with Crippen LogP contribution in [0.15, 0.2) is 11.6 Å². The first-order valence-corrected chi connectivity index (χ1v) is 15.5. The van der Waals surface area contributed by atoms with Crippen molar-refractivity contribution in [1.29, 1.82) is 0 Å². The number of hydrogen-bond acceptors (Lipinski definition) is 4. The molecule has 0 aromatic carbocycles. The normalized spacial score (nSPS) is 49.3. The molecule has 0 N–H and O–H groups in total. The molecule has 5 aliphatic rings. The summed E-state index contributed by atoms with van der Waals surface area (Å²) in [5, 5.41) is 0. The zero-order valence-electron chi connectivity index (χ0n) is 25.8. The van der Waals surface area contributed by atoms with Crippen molar-refractivity contribution in [3.05, 3.63) is 11.6 Å². The van der Waals surface area contributed by atoms with Crippen LogP contribution in [0.1, 0.15) is 127 Å². The van der Waals surface area contributed by atoms with Crippen LogP contribution in [-0.2, 0) is 19.1 Å². The Morgan fingerprint density at radius 1 is 0.789 bits per heavy atom. The third kappa shape index (κ3) is 4.04. The van der Waals surface area contributed by atoms with Gasteiger partial charge in [0, 0.05) is 24.7 Å². The maximum absolute atomic E-state index is 11.9. The average molecular weight is 527 g/mol. The standard InChI is InChI=1S/C34H54O4/c1-22(35)37-21-30(5)18-19-31(6)14-10-25-33(8)15-11-24-29(3,4)28(38-23(2)36)13-17-32(24,7)26(33)12-16-34(25,9)27(31)20-30/h10,24,26-28H,11-21H2,1-9H3. The van der Waals surface area contributed by atoms with E-state index < -0.39 is 0 Å². The molecule has 9 unspecified atom stereocenters. The molecule has 4 heteroatoms. The molecular weight excluding hydrogens is 472 g/mol. The lowest BCUT2D eigenvalue weighted by atomic mass is 9.34. The predicted molar refractivity (Wildman–Crippen MR) is 151 cm³/mol. The Kier molecular flexibility index (Phi) is 6.56. The molecule has 4 fully saturated rings. The molecule has 5 rings (SSSR count). The number of rotatable bonds is 3. The van der Waals surface area contributed by atoms with E-state index in [4.69, 9.17) is 9.47 Å². The number of carbonyl (C=O) groups excluding carboxylic acids is 2. The lowest BCUT2D eigenvalue weighted by Gasteiger charge is -2.70. The van der Waals surface area contributed by atoms with E-state index in [1.54, 1.807) is 19.4 Å². The second-order valence-electron chi connectivity index (χ2n) is 16.3. The molecule has 0 amide bonds. The largest absolute Gasteiger partial charge is 0.465 e. The van der Waals surface area contributed by atoms with Crippen molar-refractivity contribution in [1.82, 2.24) is 0 Å². The minimum atomic E-state index is -0.153. The first-order chi connectivity index (χ1) is 17.5. The summed E-state index contributed by atoms with van der Waals surface area (Å²) in [6.45, 7) is 21.1. The van der Waals surface area contributed by atoms with Gasteiger partial charge in [-0.05, 0) is 104 Å². The minimum absolute atomic E-state index is 0.00215. The van der Waals surface area contributed by atoms with Gasteiger partial charge in [-0.25, -0.2) is 0 Å². The van der Waals surface area contributed by atoms with Gasteiger partial charge in [0.05, 0.1) is 6.61 Å². The molecule has 0 aromatic heterocycles. The van der Waals surface area contributed by atoms with Crippen LogP contribution in [0.5, 0.6) is 0 Å². The van der Waals surface area contributed by atoms with Crippen molar-refractivity contribution in [2.75, 3.05) is 6.61 Å². The van der Waals surface area contributed by atoms with Crippen LogP contribution in [0.4, 0.5) is 0 Å². The smallest absolute Gasteiger partial charge is 0.302 e. The average Bonchev–Trinajstić information content (AvgIpc) is 2.80. The molecule has 214 valence electrons. The minimum Gasteiger partial charge on any atom is -0.465 e. The summed E-state index contributed by atoms with van der Waals surface area (Å²) in [5.41, 5.74) is 2.89. The fourth-order valence-corrected chi connectivity index (χ4v) is 11.6. The molecule has 0 saturated heterocycles. The third-order valence-electron chi connectivity index (χ3n) is 13.5. The number of fused-ring (bicyclic) bond motifs is 7. The Bertz CT molecular complexity index is 1030. The molecule has 0 bridgehead atoms. The van der Waals surface area contributed by atoms with E-state index in [-0.39, 0.29) is 45.1 Å². The van der Waals surface area contributed by atoms with Gasteiger partial charge in [-0.15, -0.1) is 0 Å². The number of ether oxygens (including phenoxy) is 2. The molecule has 5 aliphatic carbocycles. The number of carbonyl (C=O) groups is 2. The highest BCUT2D eigenvalue weighted by Gasteiger charge is 2.67. The molecular formula is C34H54O4. The third-order valence-corrected chi connectivity index (χ3v) is 13.5. The molecule has 38 heavy (non-hydrogen) atoms. The Labute approximate surface area is 232 Å². The highest BCUT2D eigenvalue weighted by molar-refractivity contribution is 5.66. The van der Waals surface area contributed by atoms with Gasteiger partial charge in [0.1, 0.15) is 6.10 Å². The van der Waals surface area contributed by atoms with Gasteiger partial charge in [-0.1, -0.05) is 60.1 Å². The Morgan fingerprint density at radius 2 is 1.42 bits per heavy atom. The van der Waals surface area contributed by atoms with E-state index in [0.717, 1.165) is 25.7 Å². The van der Waals surface area contributed by atoms with E-state index in [2.05, 4.69) is 54.5 Å². The molecule has 9 atom stereocenters. The van der Waals surface area contributed by atoms with Crippen LogP contribution in [-0.4, -0.2) is 24.6 Å². The number of allylic oxidation sites excluding steroid dienone is 2. The van der Waals surface area contributed by atoms with Crippen LogP contribution < -0.4 is 0 Å². The number of esters is 2. The van der Waals surface area contributed by atoms with E-state index in [1.165, 1.54) is 38.5 Å². The van der Waals surface area contributed by atoms with Gasteiger partial charge in [0.15, 0.2) is 0 Å². The quantitative estimate of drug-likeness (QED) is 0.274. The van der Waals surface area contributed by atoms with Crippen LogP contribution in [0.3, 0.4) is 0 Å². The fraction of sp³-hybridized carbons (Fsp3) is 0.882. The van der Waals surface area contributed by atoms with Crippen molar-refractivity contribution in [2.24, 2.45) is 50.2 Å².